The Morgan fingerprint density at radius 2 is 1.93 bits per heavy atom. The molecule has 7 heteroatoms. The van der Waals surface area contributed by atoms with Gasteiger partial charge >= 0.3 is 0 Å². The average molecular weight is 365 g/mol. The molecule has 4 N–H and O–H groups in total. The fourth-order valence-electron chi connectivity index (χ4n) is 3.06. The molecule has 1 fully saturated rings. The quantitative estimate of drug-likeness (QED) is 0.619. The third-order valence-corrected chi connectivity index (χ3v) is 4.55. The van der Waals surface area contributed by atoms with E-state index >= 15 is 0 Å². The highest BCUT2D eigenvalue weighted by Crippen LogP contribution is 2.37. The van der Waals surface area contributed by atoms with Crippen LogP contribution in [0.3, 0.4) is 0 Å². The molecule has 1 saturated carbocycles. The summed E-state index contributed by atoms with van der Waals surface area (Å²) in [7, 11) is 0. The molecule has 27 heavy (non-hydrogen) atoms. The number of anilines is 2. The summed E-state index contributed by atoms with van der Waals surface area (Å²) in [5.74, 6) is 1.37. The second kappa shape index (κ2) is 6.81. The van der Waals surface area contributed by atoms with E-state index in [1.54, 1.807) is 0 Å². The summed E-state index contributed by atoms with van der Waals surface area (Å²) in [5.41, 5.74) is 8.16. The van der Waals surface area contributed by atoms with Gasteiger partial charge in [0.15, 0.2) is 5.65 Å². The lowest BCUT2D eigenvalue weighted by atomic mass is 10.1. The van der Waals surface area contributed by atoms with Crippen LogP contribution in [0.1, 0.15) is 51.3 Å². The van der Waals surface area contributed by atoms with Gasteiger partial charge in [-0.1, -0.05) is 30.3 Å². The van der Waals surface area contributed by atoms with E-state index in [1.807, 2.05) is 41.2 Å². The van der Waals surface area contributed by atoms with Gasteiger partial charge in [0.05, 0.1) is 17.6 Å². The van der Waals surface area contributed by atoms with Gasteiger partial charge in [0.1, 0.15) is 5.82 Å². The first-order valence-electron chi connectivity index (χ1n) is 9.48. The van der Waals surface area contributed by atoms with E-state index in [0.717, 1.165) is 35.3 Å². The molecule has 0 radical (unpaired) electrons. The van der Waals surface area contributed by atoms with Crippen molar-refractivity contribution in [2.45, 2.75) is 51.2 Å². The van der Waals surface area contributed by atoms with Gasteiger partial charge in [-0.15, -0.1) is 0 Å². The minimum absolute atomic E-state index is 0.110. The van der Waals surface area contributed by atoms with Crippen molar-refractivity contribution in [1.82, 2.24) is 19.7 Å². The maximum Gasteiger partial charge on any atom is 0.226 e. The fourth-order valence-corrected chi connectivity index (χ4v) is 3.06. The molecule has 1 aliphatic carbocycles. The average Bonchev–Trinajstić information content (AvgIpc) is 3.38. The minimum Gasteiger partial charge on any atom is -0.365 e. The topological polar surface area (TPSA) is 93.7 Å². The number of nitrogens with two attached hydrogens (primary N) is 1. The number of hydrogen-bond acceptors (Lipinski definition) is 6. The van der Waals surface area contributed by atoms with E-state index in [-0.39, 0.29) is 11.6 Å². The normalized spacial score (nSPS) is 15.7. The van der Waals surface area contributed by atoms with Crippen LogP contribution in [0.4, 0.5) is 11.8 Å². The number of nitrogens with zero attached hydrogens (tertiary/aromatic N) is 4. The Labute approximate surface area is 159 Å². The maximum atomic E-state index is 6.31. The van der Waals surface area contributed by atoms with Gasteiger partial charge in [-0.05, 0) is 39.2 Å². The summed E-state index contributed by atoms with van der Waals surface area (Å²) in [5, 5.41) is 12.3. The van der Waals surface area contributed by atoms with Crippen molar-refractivity contribution in [3.05, 3.63) is 42.1 Å². The van der Waals surface area contributed by atoms with Crippen LogP contribution in [0.15, 0.2) is 36.5 Å². The summed E-state index contributed by atoms with van der Waals surface area (Å²) in [4.78, 5) is 9.44. The Morgan fingerprint density at radius 3 is 2.59 bits per heavy atom. The van der Waals surface area contributed by atoms with Crippen LogP contribution < -0.4 is 16.4 Å². The lowest BCUT2D eigenvalue weighted by Crippen LogP contribution is -2.27. The number of rotatable bonds is 6. The van der Waals surface area contributed by atoms with Gasteiger partial charge < -0.3 is 16.4 Å². The molecule has 0 bridgehead atoms. The van der Waals surface area contributed by atoms with Crippen LogP contribution in [-0.2, 0) is 0 Å². The first kappa shape index (κ1) is 17.7. The van der Waals surface area contributed by atoms with Crippen molar-refractivity contribution >= 4 is 22.8 Å². The third-order valence-electron chi connectivity index (χ3n) is 4.55. The number of hydrogen-bond donors (Lipinski definition) is 3. The zero-order valence-electron chi connectivity index (χ0n) is 16.1. The summed E-state index contributed by atoms with van der Waals surface area (Å²) >= 11 is 0. The highest BCUT2D eigenvalue weighted by Gasteiger charge is 2.28. The Kier molecular flexibility index (Phi) is 4.47. The minimum atomic E-state index is -0.127. The molecule has 0 saturated heterocycles. The molecule has 0 amide bonds. The largest absolute Gasteiger partial charge is 0.365 e. The van der Waals surface area contributed by atoms with E-state index in [4.69, 9.17) is 15.7 Å². The van der Waals surface area contributed by atoms with Crippen LogP contribution in [0.25, 0.3) is 11.0 Å². The summed E-state index contributed by atoms with van der Waals surface area (Å²) in [6.45, 7) is 6.90. The Hall–Kier alpha value is -2.67. The molecule has 4 rings (SSSR count). The predicted octanol–water partition coefficient (Wildman–Crippen LogP) is 3.48. The summed E-state index contributed by atoms with van der Waals surface area (Å²) in [6.07, 6.45) is 4.18. The zero-order valence-corrected chi connectivity index (χ0v) is 16.1. The van der Waals surface area contributed by atoms with Crippen LogP contribution >= 0.6 is 0 Å². The van der Waals surface area contributed by atoms with Gasteiger partial charge in [0.2, 0.25) is 5.95 Å². The van der Waals surface area contributed by atoms with E-state index < -0.39 is 0 Å². The highest BCUT2D eigenvalue weighted by atomic mass is 15.3. The highest BCUT2D eigenvalue weighted by molar-refractivity contribution is 5.88. The fraction of sp³-hybridized carbons (Fsp3) is 0.450. The standard InChI is InChI=1S/C20H27N7/c1-20(2,3)26-17-15-11-23-27(14-9-10-14)18(15)25-19(24-17)22-12-16(21)13-7-5-4-6-8-13/h4-8,11,14,16H,9-10,12,21H2,1-3H3,(H2,22,24,25,26). The van der Waals surface area contributed by atoms with E-state index in [9.17, 15) is 0 Å². The summed E-state index contributed by atoms with van der Waals surface area (Å²) < 4.78 is 2.02. The Bertz CT molecular complexity index is 923. The van der Waals surface area contributed by atoms with Crippen molar-refractivity contribution < 1.29 is 0 Å². The van der Waals surface area contributed by atoms with Crippen molar-refractivity contribution in [2.75, 3.05) is 17.2 Å². The molecule has 2 aromatic heterocycles. The molecule has 1 aliphatic rings. The number of aromatic nitrogens is 4. The van der Waals surface area contributed by atoms with Crippen LogP contribution in [-0.4, -0.2) is 31.8 Å². The van der Waals surface area contributed by atoms with Crippen LogP contribution in [0.2, 0.25) is 0 Å². The van der Waals surface area contributed by atoms with E-state index in [0.29, 0.717) is 18.5 Å². The van der Waals surface area contributed by atoms with Gasteiger partial charge in [-0.2, -0.15) is 15.1 Å². The third kappa shape index (κ3) is 4.03. The van der Waals surface area contributed by atoms with Gasteiger partial charge in [0, 0.05) is 18.1 Å². The molecule has 3 aromatic rings. The lowest BCUT2D eigenvalue weighted by molar-refractivity contribution is 0.631. The smallest absolute Gasteiger partial charge is 0.226 e. The van der Waals surface area contributed by atoms with Gasteiger partial charge in [0.25, 0.3) is 0 Å². The van der Waals surface area contributed by atoms with Crippen LogP contribution in [0, 0.1) is 0 Å². The second-order valence-corrected chi connectivity index (χ2v) is 8.23. The number of nitrogens with one attached hydrogen (secondary N) is 2. The molecule has 1 aromatic carbocycles. The van der Waals surface area contributed by atoms with E-state index in [1.165, 1.54) is 0 Å². The van der Waals surface area contributed by atoms with Crippen molar-refractivity contribution in [3.63, 3.8) is 0 Å². The second-order valence-electron chi connectivity index (χ2n) is 8.23. The van der Waals surface area contributed by atoms with Gasteiger partial charge in [-0.3, -0.25) is 0 Å². The monoisotopic (exact) mass is 365 g/mol. The van der Waals surface area contributed by atoms with Crippen molar-refractivity contribution in [1.29, 1.82) is 0 Å². The molecule has 0 aliphatic heterocycles. The molecular weight excluding hydrogens is 338 g/mol. The molecule has 0 spiro atoms. The number of fused-ring (bicyclic) bond motifs is 1. The molecule has 2 heterocycles. The molecule has 1 atom stereocenters. The summed E-state index contributed by atoms with van der Waals surface area (Å²) in [6, 6.07) is 10.4. The SMILES string of the molecule is CC(C)(C)Nc1nc(NCC(N)c2ccccc2)nc2c1cnn2C1CC1. The molecule has 7 nitrogen and oxygen atoms in total. The Balaban J connectivity index is 1.62. The lowest BCUT2D eigenvalue weighted by Gasteiger charge is -2.22. The number of benzene rings is 1. The van der Waals surface area contributed by atoms with Gasteiger partial charge in [-0.25, -0.2) is 4.68 Å². The maximum absolute atomic E-state index is 6.31. The van der Waals surface area contributed by atoms with Crippen LogP contribution in [0.5, 0.6) is 0 Å². The molecule has 142 valence electrons. The first-order valence-corrected chi connectivity index (χ1v) is 9.48. The van der Waals surface area contributed by atoms with Crippen molar-refractivity contribution in [3.8, 4) is 0 Å². The molecule has 1 unspecified atom stereocenters. The first-order chi connectivity index (χ1) is 12.9. The van der Waals surface area contributed by atoms with Crippen molar-refractivity contribution in [2.24, 2.45) is 5.73 Å². The molecular formula is C20H27N7. The van der Waals surface area contributed by atoms with E-state index in [2.05, 4.69) is 36.5 Å². The predicted molar refractivity (Wildman–Crippen MR) is 109 cm³/mol. The zero-order chi connectivity index (χ0) is 19.0. The Morgan fingerprint density at radius 1 is 1.19 bits per heavy atom.